The standard InChI is InChI=1S/C15H27NO5Si/c1-15(2,3)22(5,6)21-12-7-10(14(18)19-4)16-11(12)8-20-9-13(16)17/h10-12H,7-9H2,1-6H3/t10-,11-,12-/m0/s1. The van der Waals surface area contributed by atoms with Crippen molar-refractivity contribution in [2.75, 3.05) is 20.3 Å². The van der Waals surface area contributed by atoms with Crippen LogP contribution in [0.3, 0.4) is 0 Å². The van der Waals surface area contributed by atoms with Crippen molar-refractivity contribution in [2.24, 2.45) is 0 Å². The van der Waals surface area contributed by atoms with Crippen LogP contribution in [0.5, 0.6) is 0 Å². The molecule has 22 heavy (non-hydrogen) atoms. The second-order valence-electron chi connectivity index (χ2n) is 7.57. The van der Waals surface area contributed by atoms with Crippen LogP contribution >= 0.6 is 0 Å². The van der Waals surface area contributed by atoms with Crippen molar-refractivity contribution >= 4 is 20.2 Å². The first-order chi connectivity index (χ1) is 10.1. The topological polar surface area (TPSA) is 65.1 Å². The fourth-order valence-corrected chi connectivity index (χ4v) is 4.18. The molecule has 2 fully saturated rings. The first-order valence-electron chi connectivity index (χ1n) is 7.73. The van der Waals surface area contributed by atoms with E-state index in [0.29, 0.717) is 13.0 Å². The van der Waals surface area contributed by atoms with Crippen molar-refractivity contribution in [3.63, 3.8) is 0 Å². The molecule has 2 saturated heterocycles. The molecule has 126 valence electrons. The Balaban J connectivity index is 2.23. The SMILES string of the molecule is COC(=O)[C@@H]1C[C@H](O[Si](C)(C)C(C)(C)C)[C@@H]2COCC(=O)N12. The second-order valence-corrected chi connectivity index (χ2v) is 12.3. The van der Waals surface area contributed by atoms with E-state index in [1.807, 2.05) is 0 Å². The second kappa shape index (κ2) is 5.94. The van der Waals surface area contributed by atoms with Crippen LogP contribution in [0, 0.1) is 0 Å². The molecule has 6 nitrogen and oxygen atoms in total. The molecular formula is C15H27NO5Si. The van der Waals surface area contributed by atoms with Gasteiger partial charge in [-0.25, -0.2) is 4.79 Å². The number of nitrogens with zero attached hydrogens (tertiary/aromatic N) is 1. The van der Waals surface area contributed by atoms with E-state index in [4.69, 9.17) is 13.9 Å². The molecular weight excluding hydrogens is 302 g/mol. The fourth-order valence-electron chi connectivity index (χ4n) is 2.82. The maximum absolute atomic E-state index is 12.2. The van der Waals surface area contributed by atoms with Gasteiger partial charge in [0, 0.05) is 6.42 Å². The zero-order chi connectivity index (χ0) is 16.7. The fraction of sp³-hybridized carbons (Fsp3) is 0.867. The van der Waals surface area contributed by atoms with Crippen LogP contribution in [0.1, 0.15) is 27.2 Å². The normalized spacial score (nSPS) is 29.5. The molecule has 0 aliphatic carbocycles. The van der Waals surface area contributed by atoms with Gasteiger partial charge in [-0.2, -0.15) is 0 Å². The summed E-state index contributed by atoms with van der Waals surface area (Å²) in [7, 11) is -0.637. The van der Waals surface area contributed by atoms with Crippen LogP contribution in [0.25, 0.3) is 0 Å². The zero-order valence-electron chi connectivity index (χ0n) is 14.3. The molecule has 7 heteroatoms. The van der Waals surface area contributed by atoms with Crippen molar-refractivity contribution in [3.05, 3.63) is 0 Å². The van der Waals surface area contributed by atoms with Crippen LogP contribution in [0.2, 0.25) is 18.1 Å². The molecule has 2 rings (SSSR count). The van der Waals surface area contributed by atoms with E-state index in [0.717, 1.165) is 0 Å². The summed E-state index contributed by atoms with van der Waals surface area (Å²) in [6.45, 7) is 11.3. The summed E-state index contributed by atoms with van der Waals surface area (Å²) in [6.07, 6.45) is 0.313. The van der Waals surface area contributed by atoms with Gasteiger partial charge in [0.1, 0.15) is 12.6 Å². The lowest BCUT2D eigenvalue weighted by molar-refractivity contribution is -0.160. The number of esters is 1. The van der Waals surface area contributed by atoms with E-state index in [1.165, 1.54) is 7.11 Å². The quantitative estimate of drug-likeness (QED) is 0.580. The molecule has 0 bridgehead atoms. The first kappa shape index (κ1) is 17.4. The van der Waals surface area contributed by atoms with E-state index in [1.54, 1.807) is 4.90 Å². The molecule has 2 aliphatic rings. The van der Waals surface area contributed by atoms with Gasteiger partial charge in [0.15, 0.2) is 8.32 Å². The van der Waals surface area contributed by atoms with E-state index in [9.17, 15) is 9.59 Å². The van der Waals surface area contributed by atoms with E-state index >= 15 is 0 Å². The predicted octanol–water partition coefficient (Wildman–Crippen LogP) is 1.55. The highest BCUT2D eigenvalue weighted by Gasteiger charge is 2.52. The number of rotatable bonds is 3. The molecule has 3 atom stereocenters. The lowest BCUT2D eigenvalue weighted by atomic mass is 10.1. The molecule has 0 aromatic rings. The van der Waals surface area contributed by atoms with Crippen LogP contribution in [-0.4, -0.2) is 63.6 Å². The summed E-state index contributed by atoms with van der Waals surface area (Å²) in [5.41, 5.74) is 0. The maximum atomic E-state index is 12.2. The highest BCUT2D eigenvalue weighted by molar-refractivity contribution is 6.74. The average molecular weight is 329 g/mol. The lowest BCUT2D eigenvalue weighted by Gasteiger charge is -2.41. The Morgan fingerprint density at radius 2 is 2.00 bits per heavy atom. The van der Waals surface area contributed by atoms with Gasteiger partial charge in [0.2, 0.25) is 5.91 Å². The summed E-state index contributed by atoms with van der Waals surface area (Å²) in [5, 5.41) is 0.0702. The molecule has 2 aliphatic heterocycles. The Morgan fingerprint density at radius 1 is 1.36 bits per heavy atom. The van der Waals surface area contributed by atoms with Gasteiger partial charge in [-0.15, -0.1) is 0 Å². The zero-order valence-corrected chi connectivity index (χ0v) is 15.3. The van der Waals surface area contributed by atoms with E-state index in [2.05, 4.69) is 33.9 Å². The van der Waals surface area contributed by atoms with Gasteiger partial charge >= 0.3 is 5.97 Å². The number of hydrogen-bond donors (Lipinski definition) is 0. The minimum absolute atomic E-state index is 0.0246. The van der Waals surface area contributed by atoms with Crippen LogP contribution in [0.4, 0.5) is 0 Å². The third kappa shape index (κ3) is 3.07. The summed E-state index contributed by atoms with van der Waals surface area (Å²) in [5.74, 6) is -0.533. The largest absolute Gasteiger partial charge is 0.467 e. The average Bonchev–Trinajstić information content (AvgIpc) is 2.76. The highest BCUT2D eigenvalue weighted by Crippen LogP contribution is 2.40. The number of amides is 1. The van der Waals surface area contributed by atoms with Crippen molar-refractivity contribution in [2.45, 2.75) is 63.5 Å². The van der Waals surface area contributed by atoms with Crippen molar-refractivity contribution in [3.8, 4) is 0 Å². The third-order valence-electron chi connectivity index (χ3n) is 5.11. The van der Waals surface area contributed by atoms with Gasteiger partial charge in [0.25, 0.3) is 0 Å². The van der Waals surface area contributed by atoms with E-state index < -0.39 is 14.4 Å². The molecule has 2 heterocycles. The number of morpholine rings is 1. The molecule has 0 spiro atoms. The van der Waals surface area contributed by atoms with E-state index in [-0.39, 0.29) is 35.7 Å². The van der Waals surface area contributed by atoms with Gasteiger partial charge in [-0.3, -0.25) is 4.79 Å². The van der Waals surface area contributed by atoms with Gasteiger partial charge in [-0.1, -0.05) is 20.8 Å². The lowest BCUT2D eigenvalue weighted by Crippen LogP contribution is -2.55. The molecule has 0 saturated carbocycles. The Hall–Kier alpha value is -0.923. The summed E-state index contributed by atoms with van der Waals surface area (Å²) >= 11 is 0. The maximum Gasteiger partial charge on any atom is 0.328 e. The minimum atomic E-state index is -1.99. The first-order valence-corrected chi connectivity index (χ1v) is 10.6. The highest BCUT2D eigenvalue weighted by atomic mass is 28.4. The van der Waals surface area contributed by atoms with Gasteiger partial charge in [0.05, 0.1) is 25.9 Å². The Labute approximate surface area is 133 Å². The molecule has 0 aromatic carbocycles. The molecule has 0 N–H and O–H groups in total. The van der Waals surface area contributed by atoms with Crippen LogP contribution in [-0.2, 0) is 23.5 Å². The molecule has 0 radical (unpaired) electrons. The van der Waals surface area contributed by atoms with Crippen molar-refractivity contribution in [1.82, 2.24) is 4.90 Å². The number of carbonyl (C=O) groups excluding carboxylic acids is 2. The number of methoxy groups -OCH3 is 1. The predicted molar refractivity (Wildman–Crippen MR) is 83.9 cm³/mol. The van der Waals surface area contributed by atoms with Crippen molar-refractivity contribution in [1.29, 1.82) is 0 Å². The van der Waals surface area contributed by atoms with Gasteiger partial charge < -0.3 is 18.8 Å². The molecule has 0 aromatic heterocycles. The molecule has 0 unspecified atom stereocenters. The third-order valence-corrected chi connectivity index (χ3v) is 9.61. The number of hydrogen-bond acceptors (Lipinski definition) is 5. The van der Waals surface area contributed by atoms with Gasteiger partial charge in [-0.05, 0) is 18.1 Å². The van der Waals surface area contributed by atoms with Crippen LogP contribution in [0.15, 0.2) is 0 Å². The minimum Gasteiger partial charge on any atom is -0.467 e. The Morgan fingerprint density at radius 3 is 2.55 bits per heavy atom. The Bertz CT molecular complexity index is 459. The Kier molecular flexibility index (Phi) is 4.71. The summed E-state index contributed by atoms with van der Waals surface area (Å²) < 4.78 is 16.7. The monoisotopic (exact) mass is 329 g/mol. The molecule has 1 amide bonds. The summed E-state index contributed by atoms with van der Waals surface area (Å²) in [6, 6.07) is -0.749. The number of fused-ring (bicyclic) bond motifs is 1. The van der Waals surface area contributed by atoms with Crippen molar-refractivity contribution < 1.29 is 23.5 Å². The van der Waals surface area contributed by atoms with Crippen LogP contribution < -0.4 is 0 Å². The smallest absolute Gasteiger partial charge is 0.328 e. The summed E-state index contributed by atoms with van der Waals surface area (Å²) in [4.78, 5) is 25.8. The number of carbonyl (C=O) groups is 2. The number of ether oxygens (including phenoxy) is 2.